The van der Waals surface area contributed by atoms with E-state index in [-0.39, 0.29) is 0 Å². The number of nitrogen functional groups attached to an aromatic ring is 2. The maximum absolute atomic E-state index is 6.46. The van der Waals surface area contributed by atoms with Crippen LogP contribution in [0.5, 0.6) is 5.75 Å². The molecule has 1 aromatic carbocycles. The number of fused-ring (bicyclic) bond motifs is 5. The molecule has 0 bridgehead atoms. The predicted octanol–water partition coefficient (Wildman–Crippen LogP) is 8.72. The quantitative estimate of drug-likeness (QED) is 0.372. The number of benzene rings is 1. The zero-order valence-corrected chi connectivity index (χ0v) is 23.9. The Morgan fingerprint density at radius 2 is 1.64 bits per heavy atom. The lowest BCUT2D eigenvalue weighted by Crippen LogP contribution is -2.54. The van der Waals surface area contributed by atoms with E-state index in [4.69, 9.17) is 16.2 Å². The molecule has 0 radical (unpaired) electrons. The molecule has 8 unspecified atom stereocenters. The molecule has 0 amide bonds. The molecule has 4 fully saturated rings. The van der Waals surface area contributed by atoms with Crippen LogP contribution >= 0.6 is 0 Å². The van der Waals surface area contributed by atoms with Crippen molar-refractivity contribution in [3.63, 3.8) is 0 Å². The molecule has 0 heterocycles. The lowest BCUT2D eigenvalue weighted by atomic mass is 9.44. The van der Waals surface area contributed by atoms with Crippen molar-refractivity contribution < 1.29 is 4.74 Å². The molecule has 1 aromatic rings. The van der Waals surface area contributed by atoms with Crippen molar-refractivity contribution in [3.8, 4) is 5.75 Å². The molecule has 4 aliphatic rings. The number of ether oxygens (including phenoxy) is 1. The Kier molecular flexibility index (Phi) is 7.33. The maximum atomic E-state index is 6.46. The van der Waals surface area contributed by atoms with Gasteiger partial charge in [0.15, 0.2) is 0 Å². The third kappa shape index (κ3) is 4.66. The summed E-state index contributed by atoms with van der Waals surface area (Å²) in [5.41, 5.74) is 14.6. The minimum atomic E-state index is 0.293. The number of nitrogens with two attached hydrogens (primary N) is 2. The Morgan fingerprint density at radius 1 is 0.889 bits per heavy atom. The van der Waals surface area contributed by atoms with Crippen LogP contribution in [0.1, 0.15) is 112 Å². The molecule has 5 rings (SSSR count). The fourth-order valence-corrected chi connectivity index (χ4v) is 10.2. The van der Waals surface area contributed by atoms with Gasteiger partial charge in [-0.05, 0) is 128 Å². The van der Waals surface area contributed by atoms with Crippen LogP contribution in [0, 0.1) is 52.3 Å². The first-order chi connectivity index (χ1) is 17.1. The Bertz CT molecular complexity index is 913. The summed E-state index contributed by atoms with van der Waals surface area (Å²) in [5.74, 6) is 7.17. The van der Waals surface area contributed by atoms with Crippen LogP contribution in [-0.2, 0) is 0 Å². The molecule has 0 aliphatic heterocycles. The molecule has 3 nitrogen and oxygen atoms in total. The van der Waals surface area contributed by atoms with Gasteiger partial charge >= 0.3 is 0 Å². The monoisotopic (exact) mass is 494 g/mol. The minimum absolute atomic E-state index is 0.293. The average molecular weight is 495 g/mol. The Hall–Kier alpha value is -1.38. The first-order valence-electron chi connectivity index (χ1n) is 15.4. The molecular formula is C33H54N2O. The second kappa shape index (κ2) is 10.1. The highest BCUT2D eigenvalue weighted by Crippen LogP contribution is 2.68. The fraction of sp³-hybridized carbons (Fsp3) is 0.818. The number of hydrogen-bond acceptors (Lipinski definition) is 3. The predicted molar refractivity (Wildman–Crippen MR) is 153 cm³/mol. The van der Waals surface area contributed by atoms with Crippen LogP contribution < -0.4 is 16.2 Å². The summed E-state index contributed by atoms with van der Waals surface area (Å²) < 4.78 is 6.46. The molecule has 4 saturated carbocycles. The Morgan fingerprint density at radius 3 is 2.39 bits per heavy atom. The van der Waals surface area contributed by atoms with E-state index in [0.29, 0.717) is 28.3 Å². The van der Waals surface area contributed by atoms with Gasteiger partial charge in [-0.25, -0.2) is 0 Å². The second-order valence-electron chi connectivity index (χ2n) is 14.5. The SMILES string of the molecule is CC(C)CCCC(C)C1CCC2C3CCC4CC(Oc5ccc(N)cc5N)CCC4(C)C3CC[C@]12C. The van der Waals surface area contributed by atoms with E-state index in [9.17, 15) is 0 Å². The van der Waals surface area contributed by atoms with E-state index in [1.807, 2.05) is 18.2 Å². The molecule has 0 saturated heterocycles. The van der Waals surface area contributed by atoms with Crippen molar-refractivity contribution in [2.75, 3.05) is 11.5 Å². The molecule has 9 atom stereocenters. The van der Waals surface area contributed by atoms with Crippen molar-refractivity contribution in [2.45, 2.75) is 118 Å². The Labute approximate surface area is 221 Å². The molecule has 202 valence electrons. The summed E-state index contributed by atoms with van der Waals surface area (Å²) in [5, 5.41) is 0. The number of anilines is 2. The number of hydrogen-bond donors (Lipinski definition) is 2. The zero-order chi connectivity index (χ0) is 25.7. The first kappa shape index (κ1) is 26.2. The largest absolute Gasteiger partial charge is 0.488 e. The van der Waals surface area contributed by atoms with Crippen molar-refractivity contribution in [2.24, 2.45) is 52.3 Å². The number of rotatable bonds is 7. The van der Waals surface area contributed by atoms with Gasteiger partial charge in [-0.15, -0.1) is 0 Å². The highest BCUT2D eigenvalue weighted by Gasteiger charge is 2.60. The third-order valence-corrected chi connectivity index (χ3v) is 12.1. The summed E-state index contributed by atoms with van der Waals surface area (Å²) in [4.78, 5) is 0. The van der Waals surface area contributed by atoms with Crippen molar-refractivity contribution in [1.29, 1.82) is 0 Å². The lowest BCUT2D eigenvalue weighted by Gasteiger charge is -2.61. The maximum Gasteiger partial charge on any atom is 0.142 e. The van der Waals surface area contributed by atoms with Gasteiger partial charge in [0.05, 0.1) is 11.8 Å². The van der Waals surface area contributed by atoms with E-state index in [2.05, 4.69) is 34.6 Å². The van der Waals surface area contributed by atoms with Gasteiger partial charge in [-0.1, -0.05) is 53.9 Å². The summed E-state index contributed by atoms with van der Waals surface area (Å²) >= 11 is 0. The van der Waals surface area contributed by atoms with Gasteiger partial charge in [0.2, 0.25) is 0 Å². The van der Waals surface area contributed by atoms with Crippen LogP contribution in [0.3, 0.4) is 0 Å². The molecule has 0 aromatic heterocycles. The fourth-order valence-electron chi connectivity index (χ4n) is 10.2. The standard InChI is InChI=1S/C33H54N2O/c1-21(2)7-6-8-22(3)27-12-13-28-26-11-9-23-19-25(36-31-14-10-24(34)20-30(31)35)15-17-32(23,4)29(26)16-18-33(27,28)5/h10,14,20-23,25-29H,6-9,11-13,15-19,34-35H2,1-5H3/t22?,23?,25?,26?,27?,28?,29?,32?,33-/m1/s1. The van der Waals surface area contributed by atoms with Gasteiger partial charge < -0.3 is 16.2 Å². The van der Waals surface area contributed by atoms with Gasteiger partial charge in [-0.2, -0.15) is 0 Å². The van der Waals surface area contributed by atoms with E-state index in [0.717, 1.165) is 53.6 Å². The Balaban J connectivity index is 1.24. The highest BCUT2D eigenvalue weighted by atomic mass is 16.5. The van der Waals surface area contributed by atoms with Crippen LogP contribution in [0.2, 0.25) is 0 Å². The molecule has 3 heteroatoms. The molecular weight excluding hydrogens is 440 g/mol. The topological polar surface area (TPSA) is 61.3 Å². The normalized spacial score (nSPS) is 40.8. The summed E-state index contributed by atoms with van der Waals surface area (Å²) in [6.45, 7) is 12.7. The minimum Gasteiger partial charge on any atom is -0.488 e. The van der Waals surface area contributed by atoms with E-state index < -0.39 is 0 Å². The van der Waals surface area contributed by atoms with E-state index >= 15 is 0 Å². The highest BCUT2D eigenvalue weighted by molar-refractivity contribution is 5.60. The molecule has 0 spiro atoms. The smallest absolute Gasteiger partial charge is 0.142 e. The molecule has 36 heavy (non-hydrogen) atoms. The van der Waals surface area contributed by atoms with Crippen LogP contribution in [0.25, 0.3) is 0 Å². The van der Waals surface area contributed by atoms with Crippen molar-refractivity contribution in [1.82, 2.24) is 0 Å². The van der Waals surface area contributed by atoms with E-state index in [1.54, 1.807) is 0 Å². The third-order valence-electron chi connectivity index (χ3n) is 12.1. The van der Waals surface area contributed by atoms with Gasteiger partial charge in [0, 0.05) is 5.69 Å². The van der Waals surface area contributed by atoms with E-state index in [1.165, 1.54) is 70.6 Å². The van der Waals surface area contributed by atoms with Crippen molar-refractivity contribution >= 4 is 11.4 Å². The van der Waals surface area contributed by atoms with Gasteiger partial charge in [0.25, 0.3) is 0 Å². The molecule has 4 aliphatic carbocycles. The van der Waals surface area contributed by atoms with Crippen molar-refractivity contribution in [3.05, 3.63) is 18.2 Å². The summed E-state index contributed by atoms with van der Waals surface area (Å²) in [6.07, 6.45) is 17.0. The average Bonchev–Trinajstić information content (AvgIpc) is 3.18. The zero-order valence-electron chi connectivity index (χ0n) is 23.9. The first-order valence-corrected chi connectivity index (χ1v) is 15.4. The van der Waals surface area contributed by atoms with Gasteiger partial charge in [0.1, 0.15) is 5.75 Å². The molecule has 4 N–H and O–H groups in total. The second-order valence-corrected chi connectivity index (χ2v) is 14.5. The lowest BCUT2D eigenvalue weighted by molar-refractivity contribution is -0.126. The van der Waals surface area contributed by atoms with Crippen LogP contribution in [0.4, 0.5) is 11.4 Å². The van der Waals surface area contributed by atoms with Crippen LogP contribution in [-0.4, -0.2) is 6.10 Å². The van der Waals surface area contributed by atoms with Crippen LogP contribution in [0.15, 0.2) is 18.2 Å². The summed E-state index contributed by atoms with van der Waals surface area (Å²) in [7, 11) is 0. The van der Waals surface area contributed by atoms with Gasteiger partial charge in [-0.3, -0.25) is 0 Å². The summed E-state index contributed by atoms with van der Waals surface area (Å²) in [6, 6.07) is 5.69.